The molecule has 2 atom stereocenters. The first kappa shape index (κ1) is 20.1. The van der Waals surface area contributed by atoms with Crippen LogP contribution in [-0.4, -0.2) is 48.2 Å². The lowest BCUT2D eigenvalue weighted by molar-refractivity contribution is 0.0696. The van der Waals surface area contributed by atoms with Crippen LogP contribution in [0.4, 0.5) is 0 Å². The summed E-state index contributed by atoms with van der Waals surface area (Å²) in [7, 11) is 0. The molecule has 2 fully saturated rings. The molecule has 1 heterocycles. The topological polar surface area (TPSA) is 52.6 Å². The maximum absolute atomic E-state index is 11.4. The number of aromatic carboxylic acids is 1. The molecule has 2 N–H and O–H groups in total. The first-order valence-corrected chi connectivity index (χ1v) is 10.9. The third-order valence-corrected chi connectivity index (χ3v) is 6.87. The molecule has 0 bridgehead atoms. The first-order valence-electron chi connectivity index (χ1n) is 10.9. The number of hydrogen-bond acceptors (Lipinski definition) is 3. The second-order valence-electron chi connectivity index (χ2n) is 8.86. The number of piperidine rings is 1. The molecule has 29 heavy (non-hydrogen) atoms. The maximum Gasteiger partial charge on any atom is 0.335 e. The van der Waals surface area contributed by atoms with Gasteiger partial charge < -0.3 is 15.3 Å². The SMILES string of the molecule is CCN1CCC(CN[C@@H]2C[C@H]2c2ccccc2)(Cc2cccc(C(=O)O)c2)CC1. The van der Waals surface area contributed by atoms with E-state index in [4.69, 9.17) is 0 Å². The van der Waals surface area contributed by atoms with E-state index < -0.39 is 5.97 Å². The number of nitrogens with one attached hydrogen (secondary N) is 1. The van der Waals surface area contributed by atoms with Crippen molar-refractivity contribution in [1.29, 1.82) is 0 Å². The van der Waals surface area contributed by atoms with Crippen LogP contribution in [0.15, 0.2) is 54.6 Å². The molecule has 2 aliphatic rings. The Hall–Kier alpha value is -2.17. The van der Waals surface area contributed by atoms with Crippen molar-refractivity contribution in [3.8, 4) is 0 Å². The fraction of sp³-hybridized carbons (Fsp3) is 0.480. The average molecular weight is 393 g/mol. The minimum absolute atomic E-state index is 0.201. The number of carbonyl (C=O) groups is 1. The lowest BCUT2D eigenvalue weighted by Crippen LogP contribution is -2.46. The van der Waals surface area contributed by atoms with Gasteiger partial charge in [0, 0.05) is 18.5 Å². The number of benzene rings is 2. The van der Waals surface area contributed by atoms with Crippen LogP contribution in [-0.2, 0) is 6.42 Å². The third kappa shape index (κ3) is 4.88. The van der Waals surface area contributed by atoms with Gasteiger partial charge in [-0.1, -0.05) is 49.4 Å². The summed E-state index contributed by atoms with van der Waals surface area (Å²) >= 11 is 0. The predicted octanol–water partition coefficient (Wildman–Crippen LogP) is 4.18. The molecule has 0 unspecified atom stereocenters. The number of likely N-dealkylation sites (tertiary alicyclic amines) is 1. The summed E-state index contributed by atoms with van der Waals surface area (Å²) in [5, 5.41) is 13.2. The van der Waals surface area contributed by atoms with Gasteiger partial charge in [-0.2, -0.15) is 0 Å². The van der Waals surface area contributed by atoms with E-state index in [0.29, 0.717) is 17.5 Å². The van der Waals surface area contributed by atoms with Gasteiger partial charge in [0.1, 0.15) is 0 Å². The van der Waals surface area contributed by atoms with Gasteiger partial charge in [0.25, 0.3) is 0 Å². The van der Waals surface area contributed by atoms with E-state index in [2.05, 4.69) is 53.5 Å². The minimum atomic E-state index is -0.844. The molecule has 1 aliphatic heterocycles. The molecule has 0 aromatic heterocycles. The molecule has 2 aromatic rings. The van der Waals surface area contributed by atoms with Crippen molar-refractivity contribution < 1.29 is 9.90 Å². The molecule has 1 saturated carbocycles. The van der Waals surface area contributed by atoms with Crippen molar-refractivity contribution >= 4 is 5.97 Å². The summed E-state index contributed by atoms with van der Waals surface area (Å²) in [6.45, 7) is 6.61. The van der Waals surface area contributed by atoms with Crippen molar-refractivity contribution in [2.75, 3.05) is 26.2 Å². The second-order valence-corrected chi connectivity index (χ2v) is 8.86. The fourth-order valence-corrected chi connectivity index (χ4v) is 4.84. The Kier molecular flexibility index (Phi) is 6.02. The Morgan fingerprint density at radius 2 is 1.90 bits per heavy atom. The second kappa shape index (κ2) is 8.68. The molecule has 1 saturated heterocycles. The van der Waals surface area contributed by atoms with Gasteiger partial charge in [-0.05, 0) is 74.0 Å². The summed E-state index contributed by atoms with van der Waals surface area (Å²) in [5.41, 5.74) is 3.18. The highest BCUT2D eigenvalue weighted by atomic mass is 16.4. The predicted molar refractivity (Wildman–Crippen MR) is 116 cm³/mol. The van der Waals surface area contributed by atoms with Crippen molar-refractivity contribution in [2.45, 2.75) is 44.6 Å². The molecule has 4 heteroatoms. The summed E-state index contributed by atoms with van der Waals surface area (Å²) < 4.78 is 0. The Bertz CT molecular complexity index is 828. The fourth-order valence-electron chi connectivity index (χ4n) is 4.84. The van der Waals surface area contributed by atoms with Crippen LogP contribution in [0, 0.1) is 5.41 Å². The van der Waals surface area contributed by atoms with Gasteiger partial charge in [0.15, 0.2) is 0 Å². The van der Waals surface area contributed by atoms with Gasteiger partial charge in [0.05, 0.1) is 5.56 Å². The minimum Gasteiger partial charge on any atom is -0.478 e. The van der Waals surface area contributed by atoms with Crippen LogP contribution < -0.4 is 5.32 Å². The third-order valence-electron chi connectivity index (χ3n) is 6.87. The van der Waals surface area contributed by atoms with Crippen molar-refractivity contribution in [3.05, 3.63) is 71.3 Å². The Morgan fingerprint density at radius 3 is 2.59 bits per heavy atom. The molecule has 1 aliphatic carbocycles. The Balaban J connectivity index is 1.44. The standard InChI is InChI=1S/C25H32N2O2/c1-2-27-13-11-25(12-14-27,17-19-7-6-10-21(15-19)24(28)29)18-26-23-16-22(23)20-8-4-3-5-9-20/h3-10,15,22-23,26H,2,11-14,16-18H2,1H3,(H,28,29)/t22-,23+/m0/s1. The molecule has 154 valence electrons. The summed E-state index contributed by atoms with van der Waals surface area (Å²) in [5.74, 6) is -0.206. The number of carboxylic acids is 1. The molecular formula is C25H32N2O2. The molecule has 4 nitrogen and oxygen atoms in total. The van der Waals surface area contributed by atoms with Crippen LogP contribution in [0.3, 0.4) is 0 Å². The van der Waals surface area contributed by atoms with Crippen LogP contribution in [0.5, 0.6) is 0 Å². The normalized spacial score (nSPS) is 23.6. The Labute approximate surface area is 173 Å². The highest BCUT2D eigenvalue weighted by Gasteiger charge is 2.41. The zero-order valence-electron chi connectivity index (χ0n) is 17.3. The number of hydrogen-bond donors (Lipinski definition) is 2. The molecular weight excluding hydrogens is 360 g/mol. The highest BCUT2D eigenvalue weighted by molar-refractivity contribution is 5.87. The van der Waals surface area contributed by atoms with Crippen molar-refractivity contribution in [3.63, 3.8) is 0 Å². The molecule has 0 amide bonds. The number of nitrogens with zero attached hydrogens (tertiary/aromatic N) is 1. The van der Waals surface area contributed by atoms with E-state index in [0.717, 1.165) is 51.0 Å². The van der Waals surface area contributed by atoms with E-state index in [9.17, 15) is 9.90 Å². The lowest BCUT2D eigenvalue weighted by atomic mass is 9.73. The Morgan fingerprint density at radius 1 is 1.14 bits per heavy atom. The van der Waals surface area contributed by atoms with E-state index in [-0.39, 0.29) is 5.41 Å². The number of carboxylic acid groups (broad SMARTS) is 1. The molecule has 0 radical (unpaired) electrons. The zero-order valence-corrected chi connectivity index (χ0v) is 17.3. The maximum atomic E-state index is 11.4. The van der Waals surface area contributed by atoms with Gasteiger partial charge in [-0.15, -0.1) is 0 Å². The lowest BCUT2D eigenvalue weighted by Gasteiger charge is -2.42. The summed E-state index contributed by atoms with van der Waals surface area (Å²) in [4.78, 5) is 13.9. The van der Waals surface area contributed by atoms with Crippen LogP contribution in [0.2, 0.25) is 0 Å². The van der Waals surface area contributed by atoms with E-state index in [1.54, 1.807) is 6.07 Å². The largest absolute Gasteiger partial charge is 0.478 e. The van der Waals surface area contributed by atoms with E-state index >= 15 is 0 Å². The van der Waals surface area contributed by atoms with Crippen molar-refractivity contribution in [1.82, 2.24) is 10.2 Å². The van der Waals surface area contributed by atoms with Gasteiger partial charge in [-0.3, -0.25) is 0 Å². The van der Waals surface area contributed by atoms with Gasteiger partial charge in [-0.25, -0.2) is 4.79 Å². The van der Waals surface area contributed by atoms with Crippen molar-refractivity contribution in [2.24, 2.45) is 5.41 Å². The van der Waals surface area contributed by atoms with Crippen LogP contribution >= 0.6 is 0 Å². The number of rotatable bonds is 8. The van der Waals surface area contributed by atoms with Gasteiger partial charge >= 0.3 is 5.97 Å². The van der Waals surface area contributed by atoms with Crippen LogP contribution in [0.1, 0.15) is 53.6 Å². The van der Waals surface area contributed by atoms with E-state index in [1.165, 1.54) is 12.0 Å². The smallest absolute Gasteiger partial charge is 0.335 e. The zero-order chi connectivity index (χ0) is 20.3. The van der Waals surface area contributed by atoms with Crippen LogP contribution in [0.25, 0.3) is 0 Å². The highest BCUT2D eigenvalue weighted by Crippen LogP contribution is 2.42. The summed E-state index contributed by atoms with van der Waals surface area (Å²) in [6, 6.07) is 18.9. The monoisotopic (exact) mass is 392 g/mol. The van der Waals surface area contributed by atoms with E-state index in [1.807, 2.05) is 12.1 Å². The first-order chi connectivity index (χ1) is 14.1. The average Bonchev–Trinajstić information content (AvgIpc) is 3.54. The quantitative estimate of drug-likeness (QED) is 0.708. The molecule has 4 rings (SSSR count). The van der Waals surface area contributed by atoms with Gasteiger partial charge in [0.2, 0.25) is 0 Å². The molecule has 2 aromatic carbocycles. The molecule has 0 spiro atoms. The summed E-state index contributed by atoms with van der Waals surface area (Å²) in [6.07, 6.45) is 4.48.